The molecule has 3 N–H and O–H groups in total. The maximum absolute atomic E-state index is 12.6. The second-order valence-electron chi connectivity index (χ2n) is 3.16. The van der Waals surface area contributed by atoms with Gasteiger partial charge in [0.05, 0.1) is 5.69 Å². The number of hydrogen-bond donors (Lipinski definition) is 3. The van der Waals surface area contributed by atoms with Gasteiger partial charge in [0.25, 0.3) is 10.2 Å². The van der Waals surface area contributed by atoms with Crippen LogP contribution in [0, 0.1) is 5.82 Å². The molecule has 1 rings (SSSR count). The zero-order valence-electron chi connectivity index (χ0n) is 8.70. The van der Waals surface area contributed by atoms with Crippen LogP contribution in [0.15, 0.2) is 18.2 Å². The lowest BCUT2D eigenvalue weighted by Crippen LogP contribution is -2.30. The molecule has 0 aliphatic rings. The number of hydrogen-bond acceptors (Lipinski definition) is 3. The van der Waals surface area contributed by atoms with E-state index in [0.29, 0.717) is 6.42 Å². The fraction of sp³-hybridized carbons (Fsp3) is 0.333. The molecule has 90 valence electrons. The number of phenolic OH excluding ortho intramolecular Hbond substituents is 1. The summed E-state index contributed by atoms with van der Waals surface area (Å²) in [6.45, 7) is 2.11. The van der Waals surface area contributed by atoms with Crippen LogP contribution in [0.2, 0.25) is 0 Å². The Morgan fingerprint density at radius 2 is 2.12 bits per heavy atom. The SMILES string of the molecule is CCCNS(=O)(=O)Nc1ccc(F)cc1O. The number of rotatable bonds is 5. The van der Waals surface area contributed by atoms with E-state index >= 15 is 0 Å². The largest absolute Gasteiger partial charge is 0.506 e. The quantitative estimate of drug-likeness (QED) is 0.685. The van der Waals surface area contributed by atoms with Crippen LogP contribution in [0.5, 0.6) is 5.75 Å². The summed E-state index contributed by atoms with van der Waals surface area (Å²) >= 11 is 0. The first-order valence-corrected chi connectivity index (χ1v) is 6.19. The molecule has 0 saturated heterocycles. The monoisotopic (exact) mass is 248 g/mol. The molecule has 0 aliphatic carbocycles. The first-order chi connectivity index (χ1) is 7.44. The van der Waals surface area contributed by atoms with Gasteiger partial charge in [-0.2, -0.15) is 13.1 Å². The van der Waals surface area contributed by atoms with Crippen molar-refractivity contribution in [3.8, 4) is 5.75 Å². The van der Waals surface area contributed by atoms with Crippen LogP contribution in [0.3, 0.4) is 0 Å². The maximum Gasteiger partial charge on any atom is 0.299 e. The van der Waals surface area contributed by atoms with Crippen LogP contribution < -0.4 is 9.44 Å². The Bertz CT molecular complexity index is 462. The van der Waals surface area contributed by atoms with Crippen molar-refractivity contribution >= 4 is 15.9 Å². The van der Waals surface area contributed by atoms with E-state index in [1.165, 1.54) is 0 Å². The second-order valence-corrected chi connectivity index (χ2v) is 4.66. The molecule has 0 aromatic heterocycles. The second kappa shape index (κ2) is 5.13. The molecule has 0 unspecified atom stereocenters. The van der Waals surface area contributed by atoms with E-state index in [0.717, 1.165) is 18.2 Å². The van der Waals surface area contributed by atoms with Gasteiger partial charge in [-0.25, -0.2) is 4.39 Å². The third kappa shape index (κ3) is 3.67. The van der Waals surface area contributed by atoms with Crippen molar-refractivity contribution in [2.75, 3.05) is 11.3 Å². The van der Waals surface area contributed by atoms with Gasteiger partial charge in [0.2, 0.25) is 0 Å². The zero-order valence-corrected chi connectivity index (χ0v) is 9.51. The molecule has 0 atom stereocenters. The molecular weight excluding hydrogens is 235 g/mol. The van der Waals surface area contributed by atoms with Crippen molar-refractivity contribution in [2.24, 2.45) is 0 Å². The highest BCUT2D eigenvalue weighted by Crippen LogP contribution is 2.24. The molecule has 0 bridgehead atoms. The Kier molecular flexibility index (Phi) is 4.08. The molecule has 0 heterocycles. The fourth-order valence-corrected chi connectivity index (χ4v) is 2.02. The molecule has 0 amide bonds. The number of phenols is 1. The normalized spacial score (nSPS) is 11.4. The molecule has 0 spiro atoms. The molecule has 7 heteroatoms. The predicted octanol–water partition coefficient (Wildman–Crippen LogP) is 1.19. The van der Waals surface area contributed by atoms with E-state index in [2.05, 4.69) is 9.44 Å². The third-order valence-corrected chi connectivity index (χ3v) is 2.82. The van der Waals surface area contributed by atoms with Crippen LogP contribution in [0.1, 0.15) is 13.3 Å². The van der Waals surface area contributed by atoms with E-state index in [1.54, 1.807) is 0 Å². The Labute approximate surface area is 93.5 Å². The smallest absolute Gasteiger partial charge is 0.299 e. The molecule has 1 aromatic rings. The van der Waals surface area contributed by atoms with Crippen LogP contribution in [0.25, 0.3) is 0 Å². The van der Waals surface area contributed by atoms with E-state index in [1.807, 2.05) is 6.92 Å². The molecule has 0 radical (unpaired) electrons. The van der Waals surface area contributed by atoms with Crippen LogP contribution in [-0.2, 0) is 10.2 Å². The summed E-state index contributed by atoms with van der Waals surface area (Å²) in [4.78, 5) is 0. The lowest BCUT2D eigenvalue weighted by atomic mass is 10.3. The Balaban J connectivity index is 2.80. The Morgan fingerprint density at radius 1 is 1.44 bits per heavy atom. The summed E-state index contributed by atoms with van der Waals surface area (Å²) < 4.78 is 39.7. The third-order valence-electron chi connectivity index (χ3n) is 1.75. The lowest BCUT2D eigenvalue weighted by Gasteiger charge is -2.09. The molecule has 1 aromatic carbocycles. The van der Waals surface area contributed by atoms with Crippen LogP contribution in [-0.4, -0.2) is 20.1 Å². The lowest BCUT2D eigenvalue weighted by molar-refractivity contribution is 0.471. The summed E-state index contributed by atoms with van der Waals surface area (Å²) in [5.41, 5.74) is -0.0648. The van der Waals surface area contributed by atoms with Crippen molar-refractivity contribution in [3.63, 3.8) is 0 Å². The number of benzene rings is 1. The van der Waals surface area contributed by atoms with Crippen molar-refractivity contribution in [1.29, 1.82) is 0 Å². The van der Waals surface area contributed by atoms with Gasteiger partial charge < -0.3 is 5.11 Å². The van der Waals surface area contributed by atoms with Gasteiger partial charge in [0.1, 0.15) is 11.6 Å². The summed E-state index contributed by atoms with van der Waals surface area (Å²) in [5, 5.41) is 9.29. The zero-order chi connectivity index (χ0) is 12.2. The molecule has 16 heavy (non-hydrogen) atoms. The number of halogens is 1. The van der Waals surface area contributed by atoms with Gasteiger partial charge >= 0.3 is 0 Å². The molecular formula is C9H13FN2O3S. The highest BCUT2D eigenvalue weighted by molar-refractivity contribution is 7.90. The predicted molar refractivity (Wildman–Crippen MR) is 58.9 cm³/mol. The Hall–Kier alpha value is -1.34. The van der Waals surface area contributed by atoms with Gasteiger partial charge in [-0.3, -0.25) is 4.72 Å². The first-order valence-electron chi connectivity index (χ1n) is 4.70. The van der Waals surface area contributed by atoms with Crippen molar-refractivity contribution in [3.05, 3.63) is 24.0 Å². The van der Waals surface area contributed by atoms with E-state index in [-0.39, 0.29) is 12.2 Å². The van der Waals surface area contributed by atoms with Crippen LogP contribution in [0.4, 0.5) is 10.1 Å². The molecule has 0 saturated carbocycles. The average Bonchev–Trinajstić information content (AvgIpc) is 2.19. The minimum Gasteiger partial charge on any atom is -0.506 e. The molecule has 0 fully saturated rings. The highest BCUT2D eigenvalue weighted by Gasteiger charge is 2.11. The maximum atomic E-state index is 12.6. The van der Waals surface area contributed by atoms with Crippen LogP contribution >= 0.6 is 0 Å². The summed E-state index contributed by atoms with van der Waals surface area (Å²) in [6.07, 6.45) is 0.649. The van der Waals surface area contributed by atoms with Gasteiger partial charge in [-0.05, 0) is 18.6 Å². The summed E-state index contributed by atoms with van der Waals surface area (Å²) in [7, 11) is -3.71. The van der Waals surface area contributed by atoms with Gasteiger partial charge in [0, 0.05) is 12.6 Å². The summed E-state index contributed by atoms with van der Waals surface area (Å²) in [6, 6.07) is 3.03. The minimum absolute atomic E-state index is 0.0648. The highest BCUT2D eigenvalue weighted by atomic mass is 32.2. The summed E-state index contributed by atoms with van der Waals surface area (Å²) in [5.74, 6) is -1.09. The van der Waals surface area contributed by atoms with Crippen molar-refractivity contribution in [2.45, 2.75) is 13.3 Å². The molecule has 0 aliphatic heterocycles. The minimum atomic E-state index is -3.71. The number of anilines is 1. The van der Waals surface area contributed by atoms with E-state index < -0.39 is 21.8 Å². The van der Waals surface area contributed by atoms with Gasteiger partial charge in [-0.15, -0.1) is 0 Å². The standard InChI is InChI=1S/C9H13FN2O3S/c1-2-5-11-16(14,15)12-8-4-3-7(10)6-9(8)13/h3-4,6,11-13H,2,5H2,1H3. The van der Waals surface area contributed by atoms with Gasteiger partial charge in [0.15, 0.2) is 0 Å². The number of nitrogens with one attached hydrogen (secondary N) is 2. The topological polar surface area (TPSA) is 78.4 Å². The Morgan fingerprint density at radius 3 is 2.69 bits per heavy atom. The van der Waals surface area contributed by atoms with Gasteiger partial charge in [-0.1, -0.05) is 6.92 Å². The molecule has 5 nitrogen and oxygen atoms in total. The first kappa shape index (κ1) is 12.7. The average molecular weight is 248 g/mol. The van der Waals surface area contributed by atoms with E-state index in [9.17, 15) is 17.9 Å². The van der Waals surface area contributed by atoms with E-state index in [4.69, 9.17) is 0 Å². The van der Waals surface area contributed by atoms with Crippen molar-refractivity contribution < 1.29 is 17.9 Å². The van der Waals surface area contributed by atoms with Crippen molar-refractivity contribution in [1.82, 2.24) is 4.72 Å². The number of aromatic hydroxyl groups is 1. The fourth-order valence-electron chi connectivity index (χ4n) is 1.01.